The molecule has 1 rings (SSSR count). The Morgan fingerprint density at radius 3 is 2.54 bits per heavy atom. The Labute approximate surface area is 75.3 Å². The molecule has 3 unspecified atom stereocenters. The van der Waals surface area contributed by atoms with Crippen molar-refractivity contribution in [1.82, 2.24) is 4.90 Å². The molecule has 0 spiro atoms. The number of amides is 1. The van der Waals surface area contributed by atoms with E-state index in [9.17, 15) is 14.0 Å². The molecule has 1 aliphatic rings. The van der Waals surface area contributed by atoms with Crippen molar-refractivity contribution in [3.8, 4) is 0 Å². The summed E-state index contributed by atoms with van der Waals surface area (Å²) in [6, 6.07) is 0. The van der Waals surface area contributed by atoms with Crippen LogP contribution in [-0.2, 0) is 9.59 Å². The fourth-order valence-corrected chi connectivity index (χ4v) is 1.40. The molecule has 0 aromatic carbocycles. The molecule has 1 amide bonds. The molecule has 1 saturated heterocycles. The van der Waals surface area contributed by atoms with Crippen LogP contribution in [0.5, 0.6) is 0 Å². The van der Waals surface area contributed by atoms with Gasteiger partial charge in [0.2, 0.25) is 5.91 Å². The van der Waals surface area contributed by atoms with Gasteiger partial charge in [0.1, 0.15) is 0 Å². The molecule has 74 valence electrons. The third-order valence-corrected chi connectivity index (χ3v) is 2.49. The van der Waals surface area contributed by atoms with Crippen LogP contribution in [0, 0.1) is 11.8 Å². The molecule has 1 aliphatic heterocycles. The second kappa shape index (κ2) is 3.32. The zero-order valence-electron chi connectivity index (χ0n) is 7.53. The van der Waals surface area contributed by atoms with Crippen molar-refractivity contribution in [3.05, 3.63) is 0 Å². The molecule has 1 heterocycles. The Morgan fingerprint density at radius 1 is 1.69 bits per heavy atom. The van der Waals surface area contributed by atoms with Crippen molar-refractivity contribution < 1.29 is 19.1 Å². The maximum atomic E-state index is 12.9. The highest BCUT2D eigenvalue weighted by Gasteiger charge is 2.40. The van der Waals surface area contributed by atoms with E-state index in [2.05, 4.69) is 0 Å². The number of carbonyl (C=O) groups is 2. The average molecular weight is 189 g/mol. The minimum absolute atomic E-state index is 0.0186. The molecule has 0 saturated carbocycles. The van der Waals surface area contributed by atoms with Crippen LogP contribution in [0.3, 0.4) is 0 Å². The maximum absolute atomic E-state index is 12.9. The van der Waals surface area contributed by atoms with Gasteiger partial charge in [-0.1, -0.05) is 13.8 Å². The highest BCUT2D eigenvalue weighted by atomic mass is 19.1. The highest BCUT2D eigenvalue weighted by Crippen LogP contribution is 2.25. The molecule has 13 heavy (non-hydrogen) atoms. The summed E-state index contributed by atoms with van der Waals surface area (Å²) in [4.78, 5) is 22.3. The normalized spacial score (nSPS) is 30.7. The number of carboxylic acids is 1. The van der Waals surface area contributed by atoms with Gasteiger partial charge in [-0.25, -0.2) is 9.18 Å². The van der Waals surface area contributed by atoms with E-state index in [0.29, 0.717) is 0 Å². The molecule has 5 heteroatoms. The third kappa shape index (κ3) is 1.64. The van der Waals surface area contributed by atoms with E-state index in [4.69, 9.17) is 5.11 Å². The molecular formula is C8H12FNO3. The first-order valence-electron chi connectivity index (χ1n) is 4.12. The van der Waals surface area contributed by atoms with Crippen LogP contribution in [0.4, 0.5) is 4.39 Å². The Kier molecular flexibility index (Phi) is 2.54. The van der Waals surface area contributed by atoms with Crippen molar-refractivity contribution in [2.24, 2.45) is 11.8 Å². The zero-order valence-corrected chi connectivity index (χ0v) is 7.53. The predicted octanol–water partition coefficient (Wildman–Crippen LogP) is 0.481. The molecular weight excluding hydrogens is 177 g/mol. The second-order valence-electron chi connectivity index (χ2n) is 3.43. The maximum Gasteiger partial charge on any atom is 0.359 e. The Balaban J connectivity index is 2.74. The lowest BCUT2D eigenvalue weighted by molar-refractivity contribution is -0.156. The fraction of sp³-hybridized carbons (Fsp3) is 0.750. The number of hydrogen-bond donors (Lipinski definition) is 1. The van der Waals surface area contributed by atoms with Crippen molar-refractivity contribution in [2.45, 2.75) is 20.1 Å². The molecule has 0 aliphatic carbocycles. The average Bonchev–Trinajstić information content (AvgIpc) is 2.31. The number of aliphatic carboxylic acids is 1. The number of carboxylic acid groups (broad SMARTS) is 1. The van der Waals surface area contributed by atoms with Gasteiger partial charge in [0.15, 0.2) is 0 Å². The zero-order chi connectivity index (χ0) is 10.2. The van der Waals surface area contributed by atoms with E-state index < -0.39 is 18.2 Å². The van der Waals surface area contributed by atoms with Gasteiger partial charge >= 0.3 is 5.97 Å². The number of rotatable bonds is 2. The van der Waals surface area contributed by atoms with Crippen molar-refractivity contribution >= 4 is 11.9 Å². The molecule has 0 aromatic heterocycles. The van der Waals surface area contributed by atoms with Crippen molar-refractivity contribution in [1.29, 1.82) is 0 Å². The summed E-state index contributed by atoms with van der Waals surface area (Å²) in [6.45, 7) is 3.67. The molecule has 4 nitrogen and oxygen atoms in total. The molecule has 3 atom stereocenters. The van der Waals surface area contributed by atoms with Crippen LogP contribution in [-0.4, -0.2) is 34.7 Å². The lowest BCUT2D eigenvalue weighted by Gasteiger charge is -2.17. The van der Waals surface area contributed by atoms with Crippen molar-refractivity contribution in [3.63, 3.8) is 0 Å². The van der Waals surface area contributed by atoms with Gasteiger partial charge in [-0.2, -0.15) is 0 Å². The number of hydrogen-bond acceptors (Lipinski definition) is 2. The number of nitrogens with zero attached hydrogens (tertiary/aromatic N) is 1. The van der Waals surface area contributed by atoms with Crippen LogP contribution in [0.2, 0.25) is 0 Å². The van der Waals surface area contributed by atoms with Gasteiger partial charge in [0.25, 0.3) is 6.30 Å². The second-order valence-corrected chi connectivity index (χ2v) is 3.43. The van der Waals surface area contributed by atoms with E-state index >= 15 is 0 Å². The largest absolute Gasteiger partial charge is 0.478 e. The number of carbonyl (C=O) groups excluding carboxylic acids is 1. The Bertz CT molecular complexity index is 244. The van der Waals surface area contributed by atoms with E-state index in [-0.39, 0.29) is 18.4 Å². The summed E-state index contributed by atoms with van der Waals surface area (Å²) >= 11 is 0. The van der Waals surface area contributed by atoms with Crippen LogP contribution >= 0.6 is 0 Å². The first kappa shape index (κ1) is 9.95. The smallest absolute Gasteiger partial charge is 0.359 e. The minimum Gasteiger partial charge on any atom is -0.478 e. The van der Waals surface area contributed by atoms with Crippen molar-refractivity contribution in [2.75, 3.05) is 6.54 Å². The predicted molar refractivity (Wildman–Crippen MR) is 42.6 cm³/mol. The van der Waals surface area contributed by atoms with Crippen LogP contribution in [0.15, 0.2) is 0 Å². The first-order valence-corrected chi connectivity index (χ1v) is 4.12. The highest BCUT2D eigenvalue weighted by molar-refractivity contribution is 5.85. The monoisotopic (exact) mass is 189 g/mol. The van der Waals surface area contributed by atoms with Crippen LogP contribution in [0.25, 0.3) is 0 Å². The minimum atomic E-state index is -2.19. The van der Waals surface area contributed by atoms with E-state index in [1.165, 1.54) is 0 Å². The van der Waals surface area contributed by atoms with Gasteiger partial charge in [-0.05, 0) is 5.92 Å². The van der Waals surface area contributed by atoms with Crippen LogP contribution < -0.4 is 0 Å². The lowest BCUT2D eigenvalue weighted by Crippen LogP contribution is -2.39. The summed E-state index contributed by atoms with van der Waals surface area (Å²) in [5, 5.41) is 8.36. The third-order valence-electron chi connectivity index (χ3n) is 2.49. The number of likely N-dealkylation sites (tertiary alicyclic amines) is 1. The van der Waals surface area contributed by atoms with Crippen LogP contribution in [0.1, 0.15) is 13.8 Å². The van der Waals surface area contributed by atoms with E-state index in [0.717, 1.165) is 4.90 Å². The van der Waals surface area contributed by atoms with Gasteiger partial charge in [0, 0.05) is 12.5 Å². The quantitative estimate of drug-likeness (QED) is 0.643. The molecule has 1 N–H and O–H groups in total. The molecule has 0 aromatic rings. The fourth-order valence-electron chi connectivity index (χ4n) is 1.40. The molecule has 1 fully saturated rings. The standard InChI is InChI=1S/C8H12FNO3/c1-4-3-10(6(9)8(12)13)7(11)5(4)2/h4-6H,3H2,1-2H3,(H,12,13). The summed E-state index contributed by atoms with van der Waals surface area (Å²) in [5.74, 6) is -2.28. The summed E-state index contributed by atoms with van der Waals surface area (Å²) in [7, 11) is 0. The molecule has 0 radical (unpaired) electrons. The number of halogens is 1. The van der Waals surface area contributed by atoms with Gasteiger partial charge in [-0.15, -0.1) is 0 Å². The number of alkyl halides is 1. The SMILES string of the molecule is CC1CN(C(F)C(=O)O)C(=O)C1C. The topological polar surface area (TPSA) is 57.6 Å². The summed E-state index contributed by atoms with van der Waals surface area (Å²) in [6.07, 6.45) is -2.19. The van der Waals surface area contributed by atoms with E-state index in [1.807, 2.05) is 0 Å². The first-order chi connectivity index (χ1) is 5.95. The van der Waals surface area contributed by atoms with E-state index in [1.54, 1.807) is 13.8 Å². The Hall–Kier alpha value is -1.13. The summed E-state index contributed by atoms with van der Waals surface area (Å²) < 4.78 is 12.9. The molecule has 0 bridgehead atoms. The summed E-state index contributed by atoms with van der Waals surface area (Å²) in [5.41, 5.74) is 0. The van der Waals surface area contributed by atoms with Gasteiger partial charge in [-0.3, -0.25) is 4.79 Å². The lowest BCUT2D eigenvalue weighted by atomic mass is 10.0. The Morgan fingerprint density at radius 2 is 2.23 bits per heavy atom. The van der Waals surface area contributed by atoms with Gasteiger partial charge < -0.3 is 10.0 Å². The van der Waals surface area contributed by atoms with Gasteiger partial charge in [0.05, 0.1) is 0 Å².